The van der Waals surface area contributed by atoms with Crippen LogP contribution in [0, 0.1) is 0 Å². The molecule has 0 spiro atoms. The summed E-state index contributed by atoms with van der Waals surface area (Å²) in [6, 6.07) is 6.95. The van der Waals surface area contributed by atoms with Crippen molar-refractivity contribution in [2.45, 2.75) is 18.9 Å². The van der Waals surface area contributed by atoms with Crippen molar-refractivity contribution in [1.82, 2.24) is 0 Å². The SMILES string of the molecule is O=C1C=C(C2CCCO2)C(=O)c2ccccc21. The molecule has 1 fully saturated rings. The van der Waals surface area contributed by atoms with E-state index < -0.39 is 0 Å². The Bertz CT molecular complexity index is 522. The minimum absolute atomic E-state index is 0.0629. The van der Waals surface area contributed by atoms with Crippen LogP contribution in [0.2, 0.25) is 0 Å². The fourth-order valence-electron chi connectivity index (χ4n) is 2.40. The Morgan fingerprint density at radius 2 is 1.88 bits per heavy atom. The van der Waals surface area contributed by atoms with Gasteiger partial charge in [-0.15, -0.1) is 0 Å². The van der Waals surface area contributed by atoms with Crippen molar-refractivity contribution in [2.24, 2.45) is 0 Å². The smallest absolute Gasteiger partial charge is 0.192 e. The topological polar surface area (TPSA) is 43.4 Å². The molecule has 2 aliphatic rings. The minimum atomic E-state index is -0.195. The summed E-state index contributed by atoms with van der Waals surface area (Å²) in [5.74, 6) is -0.155. The van der Waals surface area contributed by atoms with Gasteiger partial charge in [0.15, 0.2) is 11.6 Å². The molecule has 1 aliphatic carbocycles. The number of ketones is 2. The molecule has 17 heavy (non-hydrogen) atoms. The standard InChI is InChI=1S/C14H12O3/c15-12-8-11(13-6-3-7-17-13)14(16)10-5-2-1-4-9(10)12/h1-2,4-5,8,13H,3,6-7H2. The van der Waals surface area contributed by atoms with Gasteiger partial charge >= 0.3 is 0 Å². The Morgan fingerprint density at radius 3 is 2.59 bits per heavy atom. The minimum Gasteiger partial charge on any atom is -0.373 e. The van der Waals surface area contributed by atoms with Crippen LogP contribution in [0.5, 0.6) is 0 Å². The molecule has 0 radical (unpaired) electrons. The molecule has 0 amide bonds. The number of allylic oxidation sites excluding steroid dienone is 1. The Hall–Kier alpha value is -1.74. The van der Waals surface area contributed by atoms with E-state index >= 15 is 0 Å². The maximum atomic E-state index is 12.2. The normalized spacial score (nSPS) is 23.5. The van der Waals surface area contributed by atoms with Crippen molar-refractivity contribution in [3.8, 4) is 0 Å². The average Bonchev–Trinajstić information content (AvgIpc) is 2.87. The van der Waals surface area contributed by atoms with Crippen molar-refractivity contribution < 1.29 is 14.3 Å². The molecule has 3 nitrogen and oxygen atoms in total. The van der Waals surface area contributed by atoms with E-state index in [0.29, 0.717) is 23.3 Å². The Morgan fingerprint density at radius 1 is 1.12 bits per heavy atom. The van der Waals surface area contributed by atoms with Crippen molar-refractivity contribution >= 4 is 11.6 Å². The summed E-state index contributed by atoms with van der Waals surface area (Å²) in [4.78, 5) is 24.2. The predicted octanol–water partition coefficient (Wildman–Crippen LogP) is 2.17. The molecule has 0 aromatic heterocycles. The van der Waals surface area contributed by atoms with Crippen LogP contribution in [0.4, 0.5) is 0 Å². The van der Waals surface area contributed by atoms with E-state index in [1.165, 1.54) is 6.08 Å². The second kappa shape index (κ2) is 3.93. The molecule has 1 unspecified atom stereocenters. The molecule has 0 N–H and O–H groups in total. The molecule has 1 atom stereocenters. The lowest BCUT2D eigenvalue weighted by Gasteiger charge is -2.18. The van der Waals surface area contributed by atoms with Gasteiger partial charge in [0, 0.05) is 23.3 Å². The lowest BCUT2D eigenvalue weighted by molar-refractivity contribution is 0.0908. The van der Waals surface area contributed by atoms with Crippen LogP contribution in [-0.2, 0) is 4.74 Å². The highest BCUT2D eigenvalue weighted by molar-refractivity contribution is 6.24. The quantitative estimate of drug-likeness (QED) is 0.739. The van der Waals surface area contributed by atoms with Gasteiger partial charge in [0.2, 0.25) is 0 Å². The van der Waals surface area contributed by atoms with Crippen LogP contribution in [0.3, 0.4) is 0 Å². The molecule has 1 aromatic rings. The monoisotopic (exact) mass is 228 g/mol. The second-order valence-electron chi connectivity index (χ2n) is 4.34. The Kier molecular flexibility index (Phi) is 2.41. The van der Waals surface area contributed by atoms with Crippen molar-refractivity contribution in [2.75, 3.05) is 6.61 Å². The highest BCUT2D eigenvalue weighted by Gasteiger charge is 2.32. The second-order valence-corrected chi connectivity index (χ2v) is 4.34. The van der Waals surface area contributed by atoms with Crippen LogP contribution in [0.15, 0.2) is 35.9 Å². The first-order chi connectivity index (χ1) is 8.27. The van der Waals surface area contributed by atoms with Crippen LogP contribution in [0.25, 0.3) is 0 Å². The van der Waals surface area contributed by atoms with Gasteiger partial charge in [0.05, 0.1) is 6.10 Å². The molecule has 1 saturated heterocycles. The fraction of sp³-hybridized carbons (Fsp3) is 0.286. The molecule has 3 heteroatoms. The number of carbonyl (C=O) groups excluding carboxylic acids is 2. The van der Waals surface area contributed by atoms with E-state index in [9.17, 15) is 9.59 Å². The number of hydrogen-bond acceptors (Lipinski definition) is 3. The van der Waals surface area contributed by atoms with Gasteiger partial charge in [0.1, 0.15) is 0 Å². The summed E-state index contributed by atoms with van der Waals surface area (Å²) in [6.45, 7) is 0.672. The molecule has 1 aliphatic heterocycles. The number of ether oxygens (including phenoxy) is 1. The summed E-state index contributed by atoms with van der Waals surface area (Å²) < 4.78 is 5.48. The largest absolute Gasteiger partial charge is 0.373 e. The molecule has 3 rings (SSSR count). The highest BCUT2D eigenvalue weighted by Crippen LogP contribution is 2.28. The van der Waals surface area contributed by atoms with E-state index in [0.717, 1.165) is 12.8 Å². The maximum absolute atomic E-state index is 12.2. The third-order valence-corrected chi connectivity index (χ3v) is 3.26. The fourth-order valence-corrected chi connectivity index (χ4v) is 2.40. The third kappa shape index (κ3) is 1.63. The van der Waals surface area contributed by atoms with Gasteiger partial charge in [-0.05, 0) is 18.9 Å². The molecule has 86 valence electrons. The zero-order chi connectivity index (χ0) is 11.8. The third-order valence-electron chi connectivity index (χ3n) is 3.26. The summed E-state index contributed by atoms with van der Waals surface area (Å²) in [7, 11) is 0. The van der Waals surface area contributed by atoms with Crippen molar-refractivity contribution in [3.05, 3.63) is 47.0 Å². The maximum Gasteiger partial charge on any atom is 0.192 e. The molecule has 0 saturated carbocycles. The van der Waals surface area contributed by atoms with Crippen LogP contribution >= 0.6 is 0 Å². The van der Waals surface area contributed by atoms with Crippen LogP contribution < -0.4 is 0 Å². The molecule has 0 bridgehead atoms. The lowest BCUT2D eigenvalue weighted by Crippen LogP contribution is -2.24. The summed E-state index contributed by atoms with van der Waals surface area (Å²) >= 11 is 0. The van der Waals surface area contributed by atoms with E-state index in [4.69, 9.17) is 4.74 Å². The summed E-state index contributed by atoms with van der Waals surface area (Å²) in [5.41, 5.74) is 1.52. The van der Waals surface area contributed by atoms with Gasteiger partial charge in [-0.3, -0.25) is 9.59 Å². The van der Waals surface area contributed by atoms with E-state index in [1.807, 2.05) is 0 Å². The molecule has 1 heterocycles. The van der Waals surface area contributed by atoms with E-state index in [-0.39, 0.29) is 17.7 Å². The average molecular weight is 228 g/mol. The number of fused-ring (bicyclic) bond motifs is 1. The van der Waals surface area contributed by atoms with Crippen molar-refractivity contribution in [1.29, 1.82) is 0 Å². The van der Waals surface area contributed by atoms with Gasteiger partial charge in [-0.25, -0.2) is 0 Å². The summed E-state index contributed by atoms with van der Waals surface area (Å²) in [5, 5.41) is 0. The number of hydrogen-bond donors (Lipinski definition) is 0. The summed E-state index contributed by atoms with van der Waals surface area (Å²) in [6.07, 6.45) is 3.03. The zero-order valence-electron chi connectivity index (χ0n) is 9.31. The first kappa shape index (κ1) is 10.4. The number of benzene rings is 1. The van der Waals surface area contributed by atoms with E-state index in [2.05, 4.69) is 0 Å². The highest BCUT2D eigenvalue weighted by atomic mass is 16.5. The van der Waals surface area contributed by atoms with Gasteiger partial charge in [-0.2, -0.15) is 0 Å². The molecule has 1 aromatic carbocycles. The van der Waals surface area contributed by atoms with Gasteiger partial charge in [-0.1, -0.05) is 24.3 Å². The number of carbonyl (C=O) groups is 2. The van der Waals surface area contributed by atoms with Gasteiger partial charge in [0.25, 0.3) is 0 Å². The van der Waals surface area contributed by atoms with Crippen LogP contribution in [-0.4, -0.2) is 24.3 Å². The molecular weight excluding hydrogens is 216 g/mol. The van der Waals surface area contributed by atoms with E-state index in [1.54, 1.807) is 24.3 Å². The lowest BCUT2D eigenvalue weighted by atomic mass is 9.86. The first-order valence-corrected chi connectivity index (χ1v) is 5.78. The Labute approximate surface area is 99.1 Å². The first-order valence-electron chi connectivity index (χ1n) is 5.78. The zero-order valence-corrected chi connectivity index (χ0v) is 9.31. The van der Waals surface area contributed by atoms with Gasteiger partial charge < -0.3 is 4.74 Å². The number of rotatable bonds is 1. The predicted molar refractivity (Wildman–Crippen MR) is 62.2 cm³/mol. The van der Waals surface area contributed by atoms with Crippen molar-refractivity contribution in [3.63, 3.8) is 0 Å². The van der Waals surface area contributed by atoms with Crippen LogP contribution in [0.1, 0.15) is 33.6 Å². The number of Topliss-reactive ketones (excluding diaryl/α,β-unsaturated/α-hetero) is 1. The molecular formula is C14H12O3. The Balaban J connectivity index is 2.04.